The molecule has 0 aromatic heterocycles. The van der Waals surface area contributed by atoms with E-state index in [1.54, 1.807) is 5.56 Å². The van der Waals surface area contributed by atoms with Crippen LogP contribution in [0.1, 0.15) is 119 Å². The zero-order valence-electron chi connectivity index (χ0n) is 25.5. The largest absolute Gasteiger partial charge is 0.266 e. The average molecular weight is 521 g/mol. The molecular formula is C36H50F2. The molecule has 2 aromatic rings. The van der Waals surface area contributed by atoms with E-state index >= 15 is 0 Å². The Morgan fingerprint density at radius 3 is 1.32 bits per heavy atom. The Morgan fingerprint density at radius 2 is 0.895 bits per heavy atom. The molecule has 0 saturated heterocycles. The zero-order chi connectivity index (χ0) is 27.9. The molecule has 0 unspecified atom stereocenters. The molecule has 0 nitrogen and oxygen atoms in total. The van der Waals surface area contributed by atoms with E-state index < -0.39 is 6.08 Å². The lowest BCUT2D eigenvalue weighted by atomic mass is 9.67. The molecule has 0 heterocycles. The van der Waals surface area contributed by atoms with E-state index in [9.17, 15) is 8.78 Å². The van der Waals surface area contributed by atoms with Crippen LogP contribution in [-0.4, -0.2) is 0 Å². The Bertz CT molecular complexity index is 1150. The Labute approximate surface area is 231 Å². The van der Waals surface area contributed by atoms with Gasteiger partial charge >= 0.3 is 0 Å². The summed E-state index contributed by atoms with van der Waals surface area (Å²) in [5, 5.41) is 0. The Morgan fingerprint density at radius 1 is 0.526 bits per heavy atom. The topological polar surface area (TPSA) is 0 Å². The summed E-state index contributed by atoms with van der Waals surface area (Å²) in [6.07, 6.45) is 10.2. The molecule has 0 N–H and O–H groups in total. The smallest absolute Gasteiger partial charge is 0.174 e. The van der Waals surface area contributed by atoms with Crippen LogP contribution < -0.4 is 0 Å². The van der Waals surface area contributed by atoms with Gasteiger partial charge in [0.2, 0.25) is 0 Å². The third-order valence-corrected chi connectivity index (χ3v) is 11.3. The van der Waals surface area contributed by atoms with Crippen LogP contribution in [-0.2, 0) is 0 Å². The zero-order valence-corrected chi connectivity index (χ0v) is 25.5. The van der Waals surface area contributed by atoms with E-state index in [2.05, 4.69) is 62.3 Å². The molecule has 0 atom stereocenters. The summed E-state index contributed by atoms with van der Waals surface area (Å²) in [7, 11) is 0. The van der Waals surface area contributed by atoms with Crippen molar-refractivity contribution in [2.75, 3.05) is 0 Å². The molecule has 208 valence electrons. The summed E-state index contributed by atoms with van der Waals surface area (Å²) in [4.78, 5) is 0. The second kappa shape index (κ2) is 11.6. The molecule has 2 fully saturated rings. The molecule has 2 aliphatic rings. The van der Waals surface area contributed by atoms with Crippen molar-refractivity contribution in [3.8, 4) is 11.1 Å². The van der Waals surface area contributed by atoms with Crippen molar-refractivity contribution in [1.29, 1.82) is 0 Å². The summed E-state index contributed by atoms with van der Waals surface area (Å²) in [5.41, 5.74) is 17.7. The van der Waals surface area contributed by atoms with Crippen LogP contribution in [0.3, 0.4) is 0 Å². The van der Waals surface area contributed by atoms with E-state index in [1.807, 2.05) is 0 Å². The molecule has 2 aromatic carbocycles. The SMILES string of the molecule is Cc1c(C)c(C)c(-c2c(C)c(C)c(C3CCC(C4CCC(CC=C(F)F)CC4)CC3)c(C)c2C)c(C)c1C. The Kier molecular flexibility index (Phi) is 8.90. The van der Waals surface area contributed by atoms with Crippen molar-refractivity contribution < 1.29 is 8.78 Å². The molecule has 2 aliphatic carbocycles. The maximum atomic E-state index is 12.5. The quantitative estimate of drug-likeness (QED) is 0.368. The fourth-order valence-corrected chi connectivity index (χ4v) is 8.23. The van der Waals surface area contributed by atoms with Crippen molar-refractivity contribution in [2.24, 2.45) is 17.8 Å². The highest BCUT2D eigenvalue weighted by molar-refractivity contribution is 5.81. The molecular weight excluding hydrogens is 470 g/mol. The van der Waals surface area contributed by atoms with Gasteiger partial charge < -0.3 is 0 Å². The first-order valence-corrected chi connectivity index (χ1v) is 15.1. The fraction of sp³-hybridized carbons (Fsp3) is 0.611. The number of hydrogen-bond acceptors (Lipinski definition) is 0. The highest BCUT2D eigenvalue weighted by Gasteiger charge is 2.33. The second-order valence-electron chi connectivity index (χ2n) is 12.9. The lowest BCUT2D eigenvalue weighted by molar-refractivity contribution is 0.160. The van der Waals surface area contributed by atoms with E-state index in [4.69, 9.17) is 0 Å². The number of halogens is 2. The molecule has 0 bridgehead atoms. The molecule has 0 radical (unpaired) electrons. The van der Waals surface area contributed by atoms with E-state index in [0.29, 0.717) is 18.3 Å². The maximum absolute atomic E-state index is 12.5. The summed E-state index contributed by atoms with van der Waals surface area (Å²) in [6.45, 7) is 20.9. The van der Waals surface area contributed by atoms with Gasteiger partial charge in [-0.05, 0) is 217 Å². The van der Waals surface area contributed by atoms with Crippen molar-refractivity contribution in [2.45, 2.75) is 126 Å². The minimum atomic E-state index is -1.51. The van der Waals surface area contributed by atoms with Gasteiger partial charge in [-0.2, -0.15) is 8.78 Å². The van der Waals surface area contributed by atoms with Gasteiger partial charge in [0.15, 0.2) is 0 Å². The van der Waals surface area contributed by atoms with Crippen LogP contribution >= 0.6 is 0 Å². The van der Waals surface area contributed by atoms with Crippen molar-refractivity contribution in [1.82, 2.24) is 0 Å². The van der Waals surface area contributed by atoms with E-state index in [0.717, 1.165) is 30.8 Å². The van der Waals surface area contributed by atoms with Gasteiger partial charge in [0.1, 0.15) is 0 Å². The number of benzene rings is 2. The van der Waals surface area contributed by atoms with Crippen molar-refractivity contribution >= 4 is 0 Å². The predicted octanol–water partition coefficient (Wildman–Crippen LogP) is 11.4. The molecule has 38 heavy (non-hydrogen) atoms. The lowest BCUT2D eigenvalue weighted by Crippen LogP contribution is -2.26. The Hall–Kier alpha value is -1.96. The van der Waals surface area contributed by atoms with Gasteiger partial charge in [0.05, 0.1) is 0 Å². The maximum Gasteiger partial charge on any atom is 0.266 e. The van der Waals surface area contributed by atoms with Crippen LogP contribution in [0.2, 0.25) is 0 Å². The molecule has 0 amide bonds. The van der Waals surface area contributed by atoms with Gasteiger partial charge in [0, 0.05) is 0 Å². The van der Waals surface area contributed by atoms with Crippen molar-refractivity contribution in [3.05, 3.63) is 67.8 Å². The summed E-state index contributed by atoms with van der Waals surface area (Å²) in [6, 6.07) is 0. The van der Waals surface area contributed by atoms with Crippen molar-refractivity contribution in [3.63, 3.8) is 0 Å². The first-order chi connectivity index (χ1) is 17.9. The summed E-state index contributed by atoms with van der Waals surface area (Å²) in [5.74, 6) is 2.76. The summed E-state index contributed by atoms with van der Waals surface area (Å²) >= 11 is 0. The van der Waals surface area contributed by atoms with Crippen LogP contribution in [0.5, 0.6) is 0 Å². The summed E-state index contributed by atoms with van der Waals surface area (Å²) < 4.78 is 25.0. The average Bonchev–Trinajstić information content (AvgIpc) is 2.91. The van der Waals surface area contributed by atoms with Gasteiger partial charge in [0.25, 0.3) is 6.08 Å². The minimum absolute atomic E-state index is 0.465. The monoisotopic (exact) mass is 520 g/mol. The number of allylic oxidation sites excluding steroid dienone is 1. The standard InChI is InChI=1S/C36H50F2/c1-20-21(2)23(4)35(24(5)22(20)3)36-27(8)25(6)34(26(7)28(36)9)32-17-15-31(16-18-32)30-13-10-29(11-14-30)12-19-33(37)38/h19,29-32H,10-18H2,1-9H3. The normalized spacial score (nSPS) is 24.0. The number of rotatable bonds is 5. The van der Waals surface area contributed by atoms with Gasteiger partial charge in [-0.15, -0.1) is 0 Å². The van der Waals surface area contributed by atoms with E-state index in [1.165, 1.54) is 99.7 Å². The third-order valence-electron chi connectivity index (χ3n) is 11.3. The van der Waals surface area contributed by atoms with Crippen LogP contribution in [0.15, 0.2) is 12.2 Å². The molecule has 0 aliphatic heterocycles. The van der Waals surface area contributed by atoms with E-state index in [-0.39, 0.29) is 0 Å². The highest BCUT2D eigenvalue weighted by atomic mass is 19.3. The lowest BCUT2D eigenvalue weighted by Gasteiger charge is -2.39. The predicted molar refractivity (Wildman–Crippen MR) is 160 cm³/mol. The van der Waals surface area contributed by atoms with Gasteiger partial charge in [-0.3, -0.25) is 0 Å². The minimum Gasteiger partial charge on any atom is -0.174 e. The van der Waals surface area contributed by atoms with Gasteiger partial charge in [-0.1, -0.05) is 0 Å². The second-order valence-corrected chi connectivity index (χ2v) is 12.9. The fourth-order valence-electron chi connectivity index (χ4n) is 8.23. The van der Waals surface area contributed by atoms with Gasteiger partial charge in [-0.25, -0.2) is 0 Å². The Balaban J connectivity index is 1.54. The van der Waals surface area contributed by atoms with Crippen LogP contribution in [0.4, 0.5) is 8.78 Å². The number of hydrogen-bond donors (Lipinski definition) is 0. The highest BCUT2D eigenvalue weighted by Crippen LogP contribution is 2.48. The van der Waals surface area contributed by atoms with Crippen LogP contribution in [0.25, 0.3) is 11.1 Å². The first kappa shape index (κ1) is 29.0. The molecule has 0 spiro atoms. The molecule has 2 saturated carbocycles. The molecule has 2 heteroatoms. The van der Waals surface area contributed by atoms with Crippen LogP contribution in [0, 0.1) is 80.1 Å². The first-order valence-electron chi connectivity index (χ1n) is 15.1. The molecule has 4 rings (SSSR count). The third kappa shape index (κ3) is 5.39.